The molecule has 1 amide bonds. The van der Waals surface area contributed by atoms with Gasteiger partial charge >= 0.3 is 11.9 Å². The smallest absolute Gasteiger partial charge is 0.338 e. The van der Waals surface area contributed by atoms with Crippen LogP contribution in [0.3, 0.4) is 0 Å². The standard InChI is InChI=1S/C26H25Cl2NO6/c1-15(29-24(31)13-20(30)14-25(32)33)23(11-16-6-9-21(27)22(28)10-16)35-26(34)19-8-7-17-4-2-3-5-18(17)12-19/h2-10,12,15,20,23,30H,11,13-14H2,1H3,(H,29,31)(H,32,33)/t15-,20?,23-/m0/s1. The number of aliphatic carboxylic acids is 1. The molecule has 3 rings (SSSR count). The number of carbonyl (C=O) groups is 3. The number of carbonyl (C=O) groups excluding carboxylic acids is 2. The van der Waals surface area contributed by atoms with E-state index in [0.717, 1.165) is 16.3 Å². The van der Waals surface area contributed by atoms with Crippen molar-refractivity contribution in [3.63, 3.8) is 0 Å². The van der Waals surface area contributed by atoms with E-state index >= 15 is 0 Å². The van der Waals surface area contributed by atoms with Crippen LogP contribution in [0.4, 0.5) is 0 Å². The molecule has 3 aromatic rings. The third kappa shape index (κ3) is 7.68. The second-order valence-electron chi connectivity index (χ2n) is 8.27. The SMILES string of the molecule is C[C@H](NC(=O)CC(O)CC(=O)O)[C@H](Cc1ccc(Cl)c(Cl)c1)OC(=O)c1ccc2ccccc2c1. The van der Waals surface area contributed by atoms with E-state index in [1.54, 1.807) is 37.3 Å². The summed E-state index contributed by atoms with van der Waals surface area (Å²) < 4.78 is 5.81. The Bertz CT molecular complexity index is 1230. The Hall–Kier alpha value is -3.13. The molecule has 0 spiro atoms. The number of benzene rings is 3. The number of carboxylic acid groups (broad SMARTS) is 1. The highest BCUT2D eigenvalue weighted by Crippen LogP contribution is 2.24. The number of nitrogens with one attached hydrogen (secondary N) is 1. The minimum absolute atomic E-state index is 0.231. The third-order valence-corrected chi connectivity index (χ3v) is 6.18. The van der Waals surface area contributed by atoms with Gasteiger partial charge in [0.15, 0.2) is 0 Å². The van der Waals surface area contributed by atoms with Gasteiger partial charge in [-0.1, -0.05) is 59.6 Å². The molecule has 0 aliphatic heterocycles. The summed E-state index contributed by atoms with van der Waals surface area (Å²) in [5.41, 5.74) is 1.10. The summed E-state index contributed by atoms with van der Waals surface area (Å²) in [6.45, 7) is 1.66. The molecule has 0 aliphatic carbocycles. The fraction of sp³-hybridized carbons (Fsp3) is 0.269. The topological polar surface area (TPSA) is 113 Å². The van der Waals surface area contributed by atoms with Crippen molar-refractivity contribution in [3.05, 3.63) is 81.8 Å². The number of carboxylic acids is 1. The van der Waals surface area contributed by atoms with Crippen molar-refractivity contribution in [3.8, 4) is 0 Å². The molecule has 0 fully saturated rings. The zero-order valence-electron chi connectivity index (χ0n) is 18.9. The summed E-state index contributed by atoms with van der Waals surface area (Å²) in [4.78, 5) is 36.1. The number of aliphatic hydroxyl groups excluding tert-OH is 1. The maximum Gasteiger partial charge on any atom is 0.338 e. The van der Waals surface area contributed by atoms with Crippen molar-refractivity contribution < 1.29 is 29.3 Å². The van der Waals surface area contributed by atoms with Gasteiger partial charge in [-0.15, -0.1) is 0 Å². The fourth-order valence-corrected chi connectivity index (χ4v) is 3.96. The van der Waals surface area contributed by atoms with Crippen molar-refractivity contribution in [2.24, 2.45) is 0 Å². The largest absolute Gasteiger partial charge is 0.481 e. The molecule has 0 aromatic heterocycles. The highest BCUT2D eigenvalue weighted by atomic mass is 35.5. The van der Waals surface area contributed by atoms with E-state index in [9.17, 15) is 19.5 Å². The second kappa shape index (κ2) is 12.0. The fourth-order valence-electron chi connectivity index (χ4n) is 3.63. The van der Waals surface area contributed by atoms with Crippen molar-refractivity contribution in [2.75, 3.05) is 0 Å². The minimum Gasteiger partial charge on any atom is -0.481 e. The summed E-state index contributed by atoms with van der Waals surface area (Å²) in [6.07, 6.45) is -2.82. The number of aliphatic hydroxyl groups is 1. The van der Waals surface area contributed by atoms with Crippen molar-refractivity contribution >= 4 is 51.8 Å². The monoisotopic (exact) mass is 517 g/mol. The molecule has 184 valence electrons. The van der Waals surface area contributed by atoms with Crippen LogP contribution in [0, 0.1) is 0 Å². The van der Waals surface area contributed by atoms with E-state index in [2.05, 4.69) is 5.32 Å². The zero-order valence-corrected chi connectivity index (χ0v) is 20.4. The average molecular weight is 518 g/mol. The molecule has 0 saturated heterocycles. The lowest BCUT2D eigenvalue weighted by Crippen LogP contribution is -2.45. The van der Waals surface area contributed by atoms with Crippen LogP contribution in [0.1, 0.15) is 35.7 Å². The van der Waals surface area contributed by atoms with Crippen LogP contribution in [-0.2, 0) is 20.7 Å². The Morgan fingerprint density at radius 2 is 1.66 bits per heavy atom. The third-order valence-electron chi connectivity index (χ3n) is 5.44. The van der Waals surface area contributed by atoms with Gasteiger partial charge in [-0.25, -0.2) is 4.79 Å². The second-order valence-corrected chi connectivity index (χ2v) is 9.08. The van der Waals surface area contributed by atoms with Gasteiger partial charge in [0.1, 0.15) is 6.10 Å². The molecular formula is C26H25Cl2NO6. The summed E-state index contributed by atoms with van der Waals surface area (Å²) in [7, 11) is 0. The highest BCUT2D eigenvalue weighted by molar-refractivity contribution is 6.42. The predicted octanol–water partition coefficient (Wildman–Crippen LogP) is 4.65. The zero-order chi connectivity index (χ0) is 25.5. The van der Waals surface area contributed by atoms with Crippen LogP contribution in [-0.4, -0.2) is 46.3 Å². The minimum atomic E-state index is -1.33. The van der Waals surface area contributed by atoms with Gasteiger partial charge in [-0.3, -0.25) is 9.59 Å². The molecule has 3 atom stereocenters. The average Bonchev–Trinajstić information content (AvgIpc) is 2.79. The Morgan fingerprint density at radius 3 is 2.34 bits per heavy atom. The van der Waals surface area contributed by atoms with Gasteiger partial charge in [-0.05, 0) is 47.5 Å². The molecular weight excluding hydrogens is 493 g/mol. The number of hydrogen-bond donors (Lipinski definition) is 3. The molecule has 9 heteroatoms. The first kappa shape index (κ1) is 26.5. The molecule has 1 unspecified atom stereocenters. The van der Waals surface area contributed by atoms with E-state index in [4.69, 9.17) is 33.0 Å². The molecule has 0 heterocycles. The molecule has 3 aromatic carbocycles. The number of halogens is 2. The molecule has 0 radical (unpaired) electrons. The number of fused-ring (bicyclic) bond motifs is 1. The Morgan fingerprint density at radius 1 is 0.943 bits per heavy atom. The summed E-state index contributed by atoms with van der Waals surface area (Å²) in [5, 5.41) is 23.8. The van der Waals surface area contributed by atoms with Crippen LogP contribution in [0.5, 0.6) is 0 Å². The molecule has 0 saturated carbocycles. The number of amides is 1. The first-order valence-electron chi connectivity index (χ1n) is 11.0. The van der Waals surface area contributed by atoms with Crippen LogP contribution < -0.4 is 5.32 Å². The summed E-state index contributed by atoms with van der Waals surface area (Å²) in [5.74, 6) is -2.33. The lowest BCUT2D eigenvalue weighted by atomic mass is 10.0. The highest BCUT2D eigenvalue weighted by Gasteiger charge is 2.26. The van der Waals surface area contributed by atoms with Gasteiger partial charge in [0, 0.05) is 6.42 Å². The van der Waals surface area contributed by atoms with Gasteiger partial charge in [0.05, 0.1) is 40.6 Å². The van der Waals surface area contributed by atoms with Gasteiger partial charge in [0.25, 0.3) is 0 Å². The number of rotatable bonds is 10. The Kier molecular flexibility index (Phi) is 9.09. The van der Waals surface area contributed by atoms with E-state index in [-0.39, 0.29) is 6.42 Å². The van der Waals surface area contributed by atoms with Crippen LogP contribution in [0.15, 0.2) is 60.7 Å². The summed E-state index contributed by atoms with van der Waals surface area (Å²) in [6, 6.07) is 17.2. The Balaban J connectivity index is 1.77. The van der Waals surface area contributed by atoms with E-state index in [1.807, 2.05) is 30.3 Å². The van der Waals surface area contributed by atoms with Crippen LogP contribution in [0.2, 0.25) is 10.0 Å². The van der Waals surface area contributed by atoms with E-state index in [1.165, 1.54) is 0 Å². The first-order valence-corrected chi connectivity index (χ1v) is 11.7. The van der Waals surface area contributed by atoms with Gasteiger partial charge in [-0.2, -0.15) is 0 Å². The van der Waals surface area contributed by atoms with Crippen LogP contribution >= 0.6 is 23.2 Å². The predicted molar refractivity (Wildman–Crippen MR) is 134 cm³/mol. The maximum absolute atomic E-state index is 13.0. The number of ether oxygens (including phenoxy) is 1. The van der Waals surface area contributed by atoms with Crippen LogP contribution in [0.25, 0.3) is 10.8 Å². The van der Waals surface area contributed by atoms with Gasteiger partial charge in [0.2, 0.25) is 5.91 Å². The lowest BCUT2D eigenvalue weighted by Gasteiger charge is -2.26. The van der Waals surface area contributed by atoms with E-state index in [0.29, 0.717) is 15.6 Å². The molecule has 3 N–H and O–H groups in total. The molecule has 0 aliphatic rings. The molecule has 35 heavy (non-hydrogen) atoms. The normalized spacial score (nSPS) is 13.6. The lowest BCUT2D eigenvalue weighted by molar-refractivity contribution is -0.139. The van der Waals surface area contributed by atoms with Gasteiger partial charge < -0.3 is 20.3 Å². The summed E-state index contributed by atoms with van der Waals surface area (Å²) >= 11 is 12.1. The molecule has 0 bridgehead atoms. The van der Waals surface area contributed by atoms with Crippen molar-refractivity contribution in [1.29, 1.82) is 0 Å². The quantitative estimate of drug-likeness (QED) is 0.337. The number of hydrogen-bond acceptors (Lipinski definition) is 5. The first-order chi connectivity index (χ1) is 16.6. The van der Waals surface area contributed by atoms with E-state index < -0.39 is 48.9 Å². The molecule has 7 nitrogen and oxygen atoms in total. The van der Waals surface area contributed by atoms with Crippen molar-refractivity contribution in [1.82, 2.24) is 5.32 Å². The maximum atomic E-state index is 13.0. The van der Waals surface area contributed by atoms with Crippen molar-refractivity contribution in [2.45, 2.75) is 44.4 Å². The number of esters is 1. The Labute approximate surface area is 212 Å².